The lowest BCUT2D eigenvalue weighted by Crippen LogP contribution is -2.36. The van der Waals surface area contributed by atoms with E-state index in [4.69, 9.17) is 32.7 Å². The van der Waals surface area contributed by atoms with Crippen molar-refractivity contribution >= 4 is 63.8 Å². The summed E-state index contributed by atoms with van der Waals surface area (Å²) >= 11 is 13.0. The number of ether oxygens (including phenoxy) is 2. The Balaban J connectivity index is 1.46. The molecule has 0 spiro atoms. The summed E-state index contributed by atoms with van der Waals surface area (Å²) in [7, 11) is 1.52. The van der Waals surface area contributed by atoms with Gasteiger partial charge >= 0.3 is 0 Å². The molecule has 1 aliphatic rings. The molecule has 1 saturated heterocycles. The van der Waals surface area contributed by atoms with Gasteiger partial charge in [0.25, 0.3) is 11.1 Å². The summed E-state index contributed by atoms with van der Waals surface area (Å²) < 4.78 is 11.3. The van der Waals surface area contributed by atoms with E-state index in [1.807, 2.05) is 19.1 Å². The van der Waals surface area contributed by atoms with Gasteiger partial charge in [-0.3, -0.25) is 19.3 Å². The average Bonchev–Trinajstić information content (AvgIpc) is 3.12. The number of hydrogen-bond acceptors (Lipinski definition) is 6. The molecule has 3 aromatic carbocycles. The van der Waals surface area contributed by atoms with Gasteiger partial charge < -0.3 is 14.8 Å². The summed E-state index contributed by atoms with van der Waals surface area (Å²) in [6.07, 6.45) is 1.57. The molecule has 0 saturated carbocycles. The lowest BCUT2D eigenvalue weighted by atomic mass is 10.1. The number of rotatable bonds is 8. The van der Waals surface area contributed by atoms with E-state index >= 15 is 0 Å². The van der Waals surface area contributed by atoms with Gasteiger partial charge in [-0.25, -0.2) is 0 Å². The van der Waals surface area contributed by atoms with Crippen LogP contribution >= 0.6 is 35.0 Å². The summed E-state index contributed by atoms with van der Waals surface area (Å²) in [5.74, 6) is -0.0872. The molecule has 1 aliphatic heterocycles. The van der Waals surface area contributed by atoms with Crippen LogP contribution in [0.25, 0.3) is 6.08 Å². The maximum absolute atomic E-state index is 12.9. The Hall–Kier alpha value is -3.46. The zero-order valence-corrected chi connectivity index (χ0v) is 22.2. The molecule has 3 aromatic rings. The zero-order chi connectivity index (χ0) is 26.5. The van der Waals surface area contributed by atoms with Gasteiger partial charge in [0.15, 0.2) is 11.5 Å². The third-order valence-electron chi connectivity index (χ3n) is 5.39. The van der Waals surface area contributed by atoms with Crippen LogP contribution in [0, 0.1) is 6.92 Å². The van der Waals surface area contributed by atoms with Gasteiger partial charge in [-0.05, 0) is 66.7 Å². The van der Waals surface area contributed by atoms with Gasteiger partial charge in [0.1, 0.15) is 13.2 Å². The number of imide groups is 1. The SMILES string of the molecule is COc1ccc(/C=C2\SC(=O)N(CC(=O)Nc3ccc(C)cc3)C2=O)cc1OCc1ccc(Cl)cc1Cl. The van der Waals surface area contributed by atoms with E-state index < -0.39 is 17.1 Å². The number of carbonyl (C=O) groups excluding carboxylic acids is 3. The number of carbonyl (C=O) groups is 3. The van der Waals surface area contributed by atoms with Crippen LogP contribution in [0.15, 0.2) is 65.6 Å². The highest BCUT2D eigenvalue weighted by Crippen LogP contribution is 2.35. The first-order valence-electron chi connectivity index (χ1n) is 11.1. The predicted octanol–water partition coefficient (Wildman–Crippen LogP) is 6.56. The first-order chi connectivity index (χ1) is 17.7. The molecule has 3 amide bonds. The summed E-state index contributed by atoms with van der Waals surface area (Å²) in [4.78, 5) is 38.9. The Morgan fingerprint density at radius 1 is 1.03 bits per heavy atom. The van der Waals surface area contributed by atoms with Crippen molar-refractivity contribution < 1.29 is 23.9 Å². The van der Waals surface area contributed by atoms with Crippen LogP contribution in [0.2, 0.25) is 10.0 Å². The topological polar surface area (TPSA) is 84.9 Å². The van der Waals surface area contributed by atoms with E-state index in [0.29, 0.717) is 32.8 Å². The minimum Gasteiger partial charge on any atom is -0.493 e. The fraction of sp³-hybridized carbons (Fsp3) is 0.148. The van der Waals surface area contributed by atoms with Gasteiger partial charge in [-0.15, -0.1) is 0 Å². The number of halogens is 2. The van der Waals surface area contributed by atoms with Crippen molar-refractivity contribution in [3.8, 4) is 11.5 Å². The lowest BCUT2D eigenvalue weighted by molar-refractivity contribution is -0.127. The average molecular weight is 557 g/mol. The molecule has 4 rings (SSSR count). The van der Waals surface area contributed by atoms with Crippen LogP contribution in [0.3, 0.4) is 0 Å². The summed E-state index contributed by atoms with van der Waals surface area (Å²) in [5.41, 5.74) is 3.00. The first-order valence-corrected chi connectivity index (χ1v) is 12.7. The molecule has 0 unspecified atom stereocenters. The molecule has 1 N–H and O–H groups in total. The van der Waals surface area contributed by atoms with Crippen LogP contribution in [-0.4, -0.2) is 35.6 Å². The molecule has 37 heavy (non-hydrogen) atoms. The maximum Gasteiger partial charge on any atom is 0.294 e. The fourth-order valence-electron chi connectivity index (χ4n) is 3.46. The van der Waals surface area contributed by atoms with Crippen LogP contribution in [0.4, 0.5) is 10.5 Å². The molecular weight excluding hydrogens is 535 g/mol. The van der Waals surface area contributed by atoms with Crippen LogP contribution < -0.4 is 14.8 Å². The van der Waals surface area contributed by atoms with Crippen molar-refractivity contribution in [2.24, 2.45) is 0 Å². The number of methoxy groups -OCH3 is 1. The largest absolute Gasteiger partial charge is 0.493 e. The Morgan fingerprint density at radius 2 is 1.78 bits per heavy atom. The molecule has 1 heterocycles. The molecule has 0 bridgehead atoms. The van der Waals surface area contributed by atoms with E-state index in [-0.39, 0.29) is 18.1 Å². The van der Waals surface area contributed by atoms with Crippen molar-refractivity contribution in [2.75, 3.05) is 19.0 Å². The summed E-state index contributed by atoms with van der Waals surface area (Å²) in [5, 5.41) is 3.18. The summed E-state index contributed by atoms with van der Waals surface area (Å²) in [6, 6.07) is 17.5. The number of amides is 3. The Labute approximate surface area is 228 Å². The standard InChI is InChI=1S/C27H22Cl2N2O5S/c1-16-3-8-20(9-4-16)30-25(32)14-31-26(33)24(37-27(31)34)12-17-5-10-22(35-2)23(11-17)36-15-18-6-7-19(28)13-21(18)29/h3-13H,14-15H2,1-2H3,(H,30,32)/b24-12-. The Morgan fingerprint density at radius 3 is 2.49 bits per heavy atom. The molecule has 0 aromatic heterocycles. The van der Waals surface area contributed by atoms with E-state index in [0.717, 1.165) is 27.8 Å². The molecule has 0 atom stereocenters. The number of nitrogens with one attached hydrogen (secondary N) is 1. The second-order valence-corrected chi connectivity index (χ2v) is 9.95. The van der Waals surface area contributed by atoms with Gasteiger partial charge in [0.2, 0.25) is 5.91 Å². The monoisotopic (exact) mass is 556 g/mol. The molecule has 1 fully saturated rings. The number of benzene rings is 3. The number of anilines is 1. The Kier molecular flexibility index (Phi) is 8.43. The van der Waals surface area contributed by atoms with Crippen molar-refractivity contribution in [1.82, 2.24) is 4.90 Å². The number of nitrogens with zero attached hydrogens (tertiary/aromatic N) is 1. The number of hydrogen-bond donors (Lipinski definition) is 1. The molecule has 0 radical (unpaired) electrons. The maximum atomic E-state index is 12.9. The molecular formula is C27H22Cl2N2O5S. The van der Waals surface area contributed by atoms with E-state index in [1.165, 1.54) is 7.11 Å². The minimum absolute atomic E-state index is 0.169. The lowest BCUT2D eigenvalue weighted by Gasteiger charge is -2.13. The van der Waals surface area contributed by atoms with Crippen LogP contribution in [-0.2, 0) is 16.2 Å². The van der Waals surface area contributed by atoms with Crippen molar-refractivity contribution in [3.05, 3.63) is 92.3 Å². The molecule has 0 aliphatic carbocycles. The highest BCUT2D eigenvalue weighted by molar-refractivity contribution is 8.18. The third kappa shape index (κ3) is 6.65. The second-order valence-electron chi connectivity index (χ2n) is 8.12. The third-order valence-corrected chi connectivity index (χ3v) is 6.89. The van der Waals surface area contributed by atoms with Gasteiger partial charge in [0.05, 0.1) is 12.0 Å². The van der Waals surface area contributed by atoms with Crippen molar-refractivity contribution in [3.63, 3.8) is 0 Å². The number of aryl methyl sites for hydroxylation is 1. The minimum atomic E-state index is -0.541. The Bertz CT molecular complexity index is 1390. The van der Waals surface area contributed by atoms with E-state index in [9.17, 15) is 14.4 Å². The second kappa shape index (κ2) is 11.7. The van der Waals surface area contributed by atoms with Gasteiger partial charge in [0, 0.05) is 21.3 Å². The quantitative estimate of drug-likeness (QED) is 0.316. The van der Waals surface area contributed by atoms with Crippen molar-refractivity contribution in [1.29, 1.82) is 0 Å². The van der Waals surface area contributed by atoms with Gasteiger partial charge in [-0.1, -0.05) is 53.0 Å². The highest BCUT2D eigenvalue weighted by atomic mass is 35.5. The van der Waals surface area contributed by atoms with E-state index in [1.54, 1.807) is 54.6 Å². The van der Waals surface area contributed by atoms with Crippen LogP contribution in [0.1, 0.15) is 16.7 Å². The number of thioether (sulfide) groups is 1. The molecule has 190 valence electrons. The highest BCUT2D eigenvalue weighted by Gasteiger charge is 2.36. The molecule has 10 heteroatoms. The van der Waals surface area contributed by atoms with Gasteiger partial charge in [-0.2, -0.15) is 0 Å². The predicted molar refractivity (Wildman–Crippen MR) is 146 cm³/mol. The first kappa shape index (κ1) is 26.6. The zero-order valence-electron chi connectivity index (χ0n) is 19.9. The molecule has 7 nitrogen and oxygen atoms in total. The summed E-state index contributed by atoms with van der Waals surface area (Å²) in [6.45, 7) is 1.72. The smallest absolute Gasteiger partial charge is 0.294 e. The van der Waals surface area contributed by atoms with Crippen molar-refractivity contribution in [2.45, 2.75) is 13.5 Å². The van der Waals surface area contributed by atoms with Crippen LogP contribution in [0.5, 0.6) is 11.5 Å². The normalized spacial score (nSPS) is 14.3. The van der Waals surface area contributed by atoms with E-state index in [2.05, 4.69) is 5.32 Å². The fourth-order valence-corrected chi connectivity index (χ4v) is 4.76.